The van der Waals surface area contributed by atoms with Crippen LogP contribution in [0.4, 0.5) is 4.39 Å². The Bertz CT molecular complexity index is 1170. The maximum Gasteiger partial charge on any atom is 0.243 e. The molecule has 0 unspecified atom stereocenters. The third kappa shape index (κ3) is 4.83. The van der Waals surface area contributed by atoms with E-state index in [0.717, 1.165) is 35.6 Å². The van der Waals surface area contributed by atoms with Gasteiger partial charge in [0.15, 0.2) is 0 Å². The van der Waals surface area contributed by atoms with Crippen LogP contribution in [0.25, 0.3) is 10.9 Å². The molecule has 1 saturated carbocycles. The van der Waals surface area contributed by atoms with Crippen molar-refractivity contribution in [1.82, 2.24) is 14.8 Å². The van der Waals surface area contributed by atoms with Crippen LogP contribution in [0, 0.1) is 5.82 Å². The average Bonchev–Trinajstić information content (AvgIpc) is 3.57. The van der Waals surface area contributed by atoms with E-state index in [2.05, 4.69) is 5.32 Å². The molecule has 166 valence electrons. The van der Waals surface area contributed by atoms with Gasteiger partial charge in [0.1, 0.15) is 18.6 Å². The fourth-order valence-corrected chi connectivity index (χ4v) is 4.03. The summed E-state index contributed by atoms with van der Waals surface area (Å²) in [4.78, 5) is 38.2. The molecule has 8 heteroatoms. The van der Waals surface area contributed by atoms with Crippen molar-refractivity contribution in [2.75, 3.05) is 6.54 Å². The minimum absolute atomic E-state index is 0.000526. The van der Waals surface area contributed by atoms with Gasteiger partial charge in [0.05, 0.1) is 11.6 Å². The fraction of sp³-hybridized carbons (Fsp3) is 0.292. The monoisotopic (exact) mass is 455 g/mol. The van der Waals surface area contributed by atoms with Gasteiger partial charge in [-0.3, -0.25) is 9.59 Å². The summed E-state index contributed by atoms with van der Waals surface area (Å²) >= 11 is 5.78. The third-order valence-electron chi connectivity index (χ3n) is 5.61. The van der Waals surface area contributed by atoms with Crippen molar-refractivity contribution in [3.8, 4) is 0 Å². The fourth-order valence-electron chi connectivity index (χ4n) is 3.84. The number of nitrogens with zero attached hydrogens (tertiary/aromatic N) is 2. The number of halogens is 2. The first kappa shape index (κ1) is 22.0. The first-order chi connectivity index (χ1) is 15.5. The second kappa shape index (κ2) is 9.53. The number of para-hydroxylation sites is 1. The van der Waals surface area contributed by atoms with E-state index in [1.807, 2.05) is 35.0 Å². The van der Waals surface area contributed by atoms with Crippen LogP contribution >= 0.6 is 11.6 Å². The largest absolute Gasteiger partial charge is 0.350 e. The number of aldehydes is 1. The molecular formula is C24H23ClFN3O3. The van der Waals surface area contributed by atoms with Crippen molar-refractivity contribution in [2.24, 2.45) is 0 Å². The highest BCUT2D eigenvalue weighted by Gasteiger charge is 2.34. The highest BCUT2D eigenvalue weighted by molar-refractivity contribution is 6.30. The zero-order chi connectivity index (χ0) is 22.7. The Morgan fingerprint density at radius 1 is 1.16 bits per heavy atom. The van der Waals surface area contributed by atoms with E-state index in [1.165, 1.54) is 6.07 Å². The molecule has 0 saturated heterocycles. The van der Waals surface area contributed by atoms with Crippen molar-refractivity contribution < 1.29 is 18.8 Å². The number of nitrogens with one attached hydrogen (secondary N) is 1. The van der Waals surface area contributed by atoms with Gasteiger partial charge in [0.2, 0.25) is 11.8 Å². The number of aromatic nitrogens is 1. The van der Waals surface area contributed by atoms with Crippen LogP contribution in [0.5, 0.6) is 0 Å². The van der Waals surface area contributed by atoms with Crippen molar-refractivity contribution >= 4 is 40.6 Å². The summed E-state index contributed by atoms with van der Waals surface area (Å²) in [6.45, 7) is -0.0205. The zero-order valence-corrected chi connectivity index (χ0v) is 18.1. The lowest BCUT2D eigenvalue weighted by molar-refractivity contribution is -0.137. The summed E-state index contributed by atoms with van der Waals surface area (Å²) < 4.78 is 15.9. The Kier molecular flexibility index (Phi) is 6.55. The predicted octanol–water partition coefficient (Wildman–Crippen LogP) is 3.48. The molecule has 0 aliphatic heterocycles. The van der Waals surface area contributed by atoms with E-state index < -0.39 is 5.82 Å². The van der Waals surface area contributed by atoms with Crippen molar-refractivity contribution in [3.05, 3.63) is 70.6 Å². The number of benzene rings is 2. The van der Waals surface area contributed by atoms with Crippen LogP contribution < -0.4 is 5.32 Å². The summed E-state index contributed by atoms with van der Waals surface area (Å²) in [5.41, 5.74) is 2.02. The van der Waals surface area contributed by atoms with Gasteiger partial charge in [-0.25, -0.2) is 4.39 Å². The minimum atomic E-state index is -0.560. The Labute approximate surface area is 189 Å². The summed E-state index contributed by atoms with van der Waals surface area (Å²) in [5, 5.41) is 3.61. The maximum atomic E-state index is 14.0. The Morgan fingerprint density at radius 2 is 1.94 bits per heavy atom. The number of hydrogen-bond donors (Lipinski definition) is 1. The number of carbonyl (C=O) groups is 3. The Balaban J connectivity index is 1.43. The number of rotatable bonds is 9. The van der Waals surface area contributed by atoms with Gasteiger partial charge in [-0.15, -0.1) is 0 Å². The molecule has 1 fully saturated rings. The van der Waals surface area contributed by atoms with Crippen molar-refractivity contribution in [3.63, 3.8) is 0 Å². The van der Waals surface area contributed by atoms with Gasteiger partial charge < -0.3 is 19.6 Å². The Morgan fingerprint density at radius 3 is 2.69 bits per heavy atom. The molecule has 0 bridgehead atoms. The molecule has 1 heterocycles. The first-order valence-corrected chi connectivity index (χ1v) is 10.8. The van der Waals surface area contributed by atoms with Crippen LogP contribution in [-0.4, -0.2) is 40.2 Å². The van der Waals surface area contributed by atoms with Gasteiger partial charge >= 0.3 is 0 Å². The smallest absolute Gasteiger partial charge is 0.243 e. The lowest BCUT2D eigenvalue weighted by Crippen LogP contribution is -2.43. The van der Waals surface area contributed by atoms with Gasteiger partial charge in [0.25, 0.3) is 0 Å². The first-order valence-electron chi connectivity index (χ1n) is 10.5. The predicted molar refractivity (Wildman–Crippen MR) is 120 cm³/mol. The van der Waals surface area contributed by atoms with Gasteiger partial charge in [-0.05, 0) is 30.5 Å². The molecule has 1 N–H and O–H groups in total. The molecule has 3 aromatic rings. The summed E-state index contributed by atoms with van der Waals surface area (Å²) in [7, 11) is 0. The number of carbonyl (C=O) groups excluding carboxylic acids is 3. The molecule has 0 radical (unpaired) electrons. The second-order valence-corrected chi connectivity index (χ2v) is 8.32. The summed E-state index contributed by atoms with van der Waals surface area (Å²) in [6.07, 6.45) is 4.65. The normalized spacial score (nSPS) is 13.2. The van der Waals surface area contributed by atoms with Gasteiger partial charge in [-0.2, -0.15) is 0 Å². The van der Waals surface area contributed by atoms with E-state index in [4.69, 9.17) is 11.6 Å². The molecule has 0 spiro atoms. The van der Waals surface area contributed by atoms with Gasteiger partial charge in [-0.1, -0.05) is 41.9 Å². The van der Waals surface area contributed by atoms with E-state index >= 15 is 0 Å². The molecule has 2 amide bonds. The number of amides is 2. The maximum absolute atomic E-state index is 14.0. The van der Waals surface area contributed by atoms with Gasteiger partial charge in [0, 0.05) is 41.7 Å². The standard InChI is InChI=1S/C24H23ClFN3O3/c25-20-6-3-4-16(24(20)26)12-27-22(31)14-29(18-8-9-18)23(32)15-28-13-17(10-11-30)19-5-1-2-7-21(19)28/h1-7,11,13,18H,8-10,12,14-15H2,(H,27,31). The van der Waals surface area contributed by atoms with E-state index in [-0.39, 0.29) is 54.5 Å². The third-order valence-corrected chi connectivity index (χ3v) is 5.90. The number of hydrogen-bond acceptors (Lipinski definition) is 3. The van der Waals surface area contributed by atoms with Crippen LogP contribution in [0.2, 0.25) is 5.02 Å². The molecule has 1 aromatic heterocycles. The van der Waals surface area contributed by atoms with Crippen LogP contribution in [0.15, 0.2) is 48.7 Å². The zero-order valence-electron chi connectivity index (χ0n) is 17.4. The molecule has 6 nitrogen and oxygen atoms in total. The Hall–Kier alpha value is -3.19. The minimum Gasteiger partial charge on any atom is -0.350 e. The van der Waals surface area contributed by atoms with Crippen LogP contribution in [-0.2, 0) is 33.9 Å². The molecule has 4 rings (SSSR count). The van der Waals surface area contributed by atoms with E-state index in [1.54, 1.807) is 17.0 Å². The van der Waals surface area contributed by atoms with Crippen molar-refractivity contribution in [1.29, 1.82) is 0 Å². The average molecular weight is 456 g/mol. The highest BCUT2D eigenvalue weighted by Crippen LogP contribution is 2.28. The highest BCUT2D eigenvalue weighted by atomic mass is 35.5. The SMILES string of the molecule is O=CCc1cn(CC(=O)N(CC(=O)NCc2cccc(Cl)c2F)C2CC2)c2ccccc12. The summed E-state index contributed by atoms with van der Waals surface area (Å²) in [6, 6.07) is 12.3. The topological polar surface area (TPSA) is 71.4 Å². The molecule has 2 aromatic carbocycles. The van der Waals surface area contributed by atoms with Crippen LogP contribution in [0.1, 0.15) is 24.0 Å². The van der Waals surface area contributed by atoms with E-state index in [9.17, 15) is 18.8 Å². The molecular weight excluding hydrogens is 433 g/mol. The molecule has 0 atom stereocenters. The molecule has 1 aliphatic rings. The molecule has 32 heavy (non-hydrogen) atoms. The lowest BCUT2D eigenvalue weighted by atomic mass is 10.1. The van der Waals surface area contributed by atoms with Crippen molar-refractivity contribution in [2.45, 2.75) is 38.4 Å². The summed E-state index contributed by atoms with van der Waals surface area (Å²) in [5.74, 6) is -1.09. The number of fused-ring (bicyclic) bond motifs is 1. The quantitative estimate of drug-likeness (QED) is 0.502. The molecule has 1 aliphatic carbocycles. The second-order valence-electron chi connectivity index (χ2n) is 7.91. The van der Waals surface area contributed by atoms with Crippen LogP contribution in [0.3, 0.4) is 0 Å². The lowest BCUT2D eigenvalue weighted by Gasteiger charge is -2.22. The van der Waals surface area contributed by atoms with E-state index in [0.29, 0.717) is 0 Å².